The normalized spacial score (nSPS) is 25.3. The minimum absolute atomic E-state index is 0.0999. The quantitative estimate of drug-likeness (QED) is 0.509. The summed E-state index contributed by atoms with van der Waals surface area (Å²) in [4.78, 5) is 0. The van der Waals surface area contributed by atoms with Gasteiger partial charge in [-0.2, -0.15) is 26.3 Å². The van der Waals surface area contributed by atoms with Crippen molar-refractivity contribution in [1.29, 1.82) is 0 Å². The van der Waals surface area contributed by atoms with Crippen molar-refractivity contribution >= 4 is 30.0 Å². The molecule has 1 rings (SSSR count). The summed E-state index contributed by atoms with van der Waals surface area (Å²) in [5.74, 6) is -0.0999. The molecule has 1 fully saturated rings. The number of halogens is 6. The second-order valence-electron chi connectivity index (χ2n) is 5.37. The lowest BCUT2D eigenvalue weighted by molar-refractivity contribution is -0.0460. The lowest BCUT2D eigenvalue weighted by atomic mass is 9.89. The van der Waals surface area contributed by atoms with E-state index < -0.39 is 46.2 Å². The van der Waals surface area contributed by atoms with E-state index in [0.717, 1.165) is 0 Å². The fourth-order valence-corrected chi connectivity index (χ4v) is 7.33. The summed E-state index contributed by atoms with van der Waals surface area (Å²) in [6, 6.07) is 0. The zero-order chi connectivity index (χ0) is 20.6. The van der Waals surface area contributed by atoms with E-state index in [1.807, 2.05) is 3.77 Å². The number of alkyl halides is 6. The van der Waals surface area contributed by atoms with Gasteiger partial charge in [-0.3, -0.25) is 0 Å². The Morgan fingerprint density at radius 3 is 1.69 bits per heavy atom. The molecule has 0 amide bonds. The molecule has 7 nitrogen and oxygen atoms in total. The first kappa shape index (κ1) is 23.2. The van der Waals surface area contributed by atoms with E-state index >= 15 is 0 Å². The van der Waals surface area contributed by atoms with Crippen LogP contribution in [-0.2, 0) is 30.0 Å². The molecule has 0 aliphatic heterocycles. The third kappa shape index (κ3) is 5.10. The molecule has 16 heteroatoms. The first-order valence-corrected chi connectivity index (χ1v) is 11.3. The van der Waals surface area contributed by atoms with Crippen LogP contribution < -0.4 is 4.13 Å². The lowest BCUT2D eigenvalue weighted by Crippen LogP contribution is -2.46. The second-order valence-corrected chi connectivity index (χ2v) is 11.3. The maximum atomic E-state index is 12.9. The van der Waals surface area contributed by atoms with Gasteiger partial charge in [0.05, 0.1) is 5.25 Å². The van der Waals surface area contributed by atoms with Gasteiger partial charge >= 0.3 is 21.0 Å². The number of rotatable bonds is 5. The van der Waals surface area contributed by atoms with Crippen LogP contribution in [0.4, 0.5) is 26.3 Å². The fourth-order valence-electron chi connectivity index (χ4n) is 2.13. The van der Waals surface area contributed by atoms with Gasteiger partial charge in [-0.15, -0.1) is 10.7 Å². The van der Waals surface area contributed by atoms with Crippen molar-refractivity contribution < 1.29 is 47.4 Å². The summed E-state index contributed by atoms with van der Waals surface area (Å²) in [6.07, 6.45) is 1.55. The molecule has 0 radical (unpaired) electrons. The van der Waals surface area contributed by atoms with Crippen molar-refractivity contribution in [2.45, 2.75) is 41.9 Å². The highest BCUT2D eigenvalue weighted by Crippen LogP contribution is 2.33. The third-order valence-electron chi connectivity index (χ3n) is 3.52. The molecule has 1 aliphatic rings. The minimum Gasteiger partial charge on any atom is -0.222 e. The topological polar surface area (TPSA) is 110 Å². The maximum Gasteiger partial charge on any atom is 0.512 e. The third-order valence-corrected chi connectivity index (χ3v) is 9.53. The van der Waals surface area contributed by atoms with Crippen LogP contribution in [-0.4, -0.2) is 37.3 Å². The predicted octanol–water partition coefficient (Wildman–Crippen LogP) is 2.40. The molecular formula is C10H14F6N2O5S3. The van der Waals surface area contributed by atoms with Crippen LogP contribution in [0.5, 0.6) is 0 Å². The van der Waals surface area contributed by atoms with E-state index in [9.17, 15) is 47.4 Å². The second kappa shape index (κ2) is 7.27. The van der Waals surface area contributed by atoms with Crippen molar-refractivity contribution in [3.63, 3.8) is 0 Å². The van der Waals surface area contributed by atoms with Crippen molar-refractivity contribution in [2.75, 3.05) is 0 Å². The predicted molar refractivity (Wildman–Crippen MR) is 79.6 cm³/mol. The average molecular weight is 452 g/mol. The summed E-state index contributed by atoms with van der Waals surface area (Å²) < 4.78 is 135. The molecule has 0 aromatic heterocycles. The highest BCUT2D eigenvalue weighted by atomic mass is 32.3. The van der Waals surface area contributed by atoms with Crippen molar-refractivity contribution in [3.8, 4) is 0 Å². The Kier molecular flexibility index (Phi) is 6.48. The van der Waals surface area contributed by atoms with Gasteiger partial charge in [-0.05, 0) is 31.6 Å². The molecule has 1 atom stereocenters. The molecule has 1 unspecified atom stereocenters. The first-order chi connectivity index (χ1) is 11.5. The zero-order valence-corrected chi connectivity index (χ0v) is 15.2. The molecule has 0 spiro atoms. The summed E-state index contributed by atoms with van der Waals surface area (Å²) in [6.45, 7) is 3.48. The van der Waals surface area contributed by atoms with Crippen molar-refractivity contribution in [1.82, 2.24) is 4.13 Å². The molecule has 1 N–H and O–H groups in total. The number of hydrogen-bond acceptors (Lipinski definition) is 5. The molecule has 26 heavy (non-hydrogen) atoms. The largest absolute Gasteiger partial charge is 0.512 e. The molecule has 0 heterocycles. The lowest BCUT2D eigenvalue weighted by Gasteiger charge is -2.25. The van der Waals surface area contributed by atoms with Crippen LogP contribution in [0.1, 0.15) is 25.7 Å². The highest BCUT2D eigenvalue weighted by molar-refractivity contribution is 8.10. The summed E-state index contributed by atoms with van der Waals surface area (Å²) >= 11 is 0. The van der Waals surface area contributed by atoms with Crippen LogP contribution in [0.2, 0.25) is 0 Å². The fraction of sp³-hybridized carbons (Fsp3) is 0.800. The van der Waals surface area contributed by atoms with Gasteiger partial charge in [0.1, 0.15) is 0 Å². The molecule has 1 saturated carbocycles. The Bertz CT molecular complexity index is 860. The molecule has 0 bridgehead atoms. The molecular weight excluding hydrogens is 438 g/mol. The summed E-state index contributed by atoms with van der Waals surface area (Å²) in [7, 11) is -18.5. The highest BCUT2D eigenvalue weighted by Gasteiger charge is 2.55. The number of nitrogens with zero attached hydrogens (tertiary/aromatic N) is 1. The number of nitrogens with one attached hydrogen (secondary N) is 1. The smallest absolute Gasteiger partial charge is 0.222 e. The molecule has 0 aromatic rings. The van der Waals surface area contributed by atoms with Crippen molar-refractivity contribution in [3.05, 3.63) is 12.7 Å². The van der Waals surface area contributed by atoms with E-state index in [2.05, 4.69) is 6.58 Å². The van der Waals surface area contributed by atoms with Crippen molar-refractivity contribution in [2.24, 2.45) is 9.69 Å². The molecule has 154 valence electrons. The molecule has 1 aliphatic carbocycles. The van der Waals surface area contributed by atoms with Gasteiger partial charge in [-0.25, -0.2) is 21.0 Å². The van der Waals surface area contributed by atoms with Crippen LogP contribution in [0.3, 0.4) is 0 Å². The summed E-state index contributed by atoms with van der Waals surface area (Å²) in [5, 5.41) is -1.53. The minimum atomic E-state index is -6.77. The van der Waals surface area contributed by atoms with E-state index in [4.69, 9.17) is 0 Å². The van der Waals surface area contributed by atoms with Crippen LogP contribution >= 0.6 is 0 Å². The Morgan fingerprint density at radius 2 is 1.35 bits per heavy atom. The maximum absolute atomic E-state index is 12.9. The standard InChI is InChI=1S/C10H14F6N2O5S3/c1-2-7-3-5-8(6-4-7)24(19,20)17-25(21,9(11,12)13)18-26(22,23)10(14,15)16/h2,7-8H,1,3-6H2,(H,17,18,21). The Hall–Kier alpha value is -0.870. The van der Waals surface area contributed by atoms with Crippen LogP contribution in [0, 0.1) is 5.92 Å². The van der Waals surface area contributed by atoms with E-state index in [1.165, 1.54) is 6.08 Å². The SMILES string of the molecule is C=CC1CCC(S(=O)(=O)N=S(=O)(NS(=O)(=O)C(F)(F)F)C(F)(F)F)CC1. The van der Waals surface area contributed by atoms with E-state index in [-0.39, 0.29) is 35.7 Å². The van der Waals surface area contributed by atoms with Gasteiger partial charge in [0.2, 0.25) is 9.92 Å². The van der Waals surface area contributed by atoms with Gasteiger partial charge in [0.25, 0.3) is 10.0 Å². The first-order valence-electron chi connectivity index (χ1n) is 6.76. The number of hydrogen-bond donors (Lipinski definition) is 1. The van der Waals surface area contributed by atoms with Gasteiger partial charge < -0.3 is 0 Å². The zero-order valence-electron chi connectivity index (χ0n) is 12.7. The summed E-state index contributed by atoms with van der Waals surface area (Å²) in [5.41, 5.74) is -12.4. The monoisotopic (exact) mass is 452 g/mol. The Morgan fingerprint density at radius 1 is 0.885 bits per heavy atom. The Balaban J connectivity index is 3.37. The van der Waals surface area contributed by atoms with Crippen LogP contribution in [0.15, 0.2) is 16.4 Å². The van der Waals surface area contributed by atoms with Gasteiger partial charge in [0.15, 0.2) is 0 Å². The van der Waals surface area contributed by atoms with Gasteiger partial charge in [0, 0.05) is 0 Å². The van der Waals surface area contributed by atoms with E-state index in [1.54, 1.807) is 0 Å². The average Bonchev–Trinajstić information content (AvgIpc) is 2.43. The molecule has 0 aromatic carbocycles. The number of sulfonamides is 2. The van der Waals surface area contributed by atoms with Gasteiger partial charge in [-0.1, -0.05) is 9.84 Å². The number of allylic oxidation sites excluding steroid dienone is 1. The van der Waals surface area contributed by atoms with E-state index in [0.29, 0.717) is 0 Å². The molecule has 0 saturated heterocycles. The Labute approximate surface area is 146 Å². The van der Waals surface area contributed by atoms with Crippen LogP contribution in [0.25, 0.3) is 0 Å².